The van der Waals surface area contributed by atoms with Crippen LogP contribution >= 0.6 is 15.9 Å². The molecule has 0 bridgehead atoms. The van der Waals surface area contributed by atoms with Crippen LogP contribution < -0.4 is 4.74 Å². The lowest BCUT2D eigenvalue weighted by atomic mass is 9.87. The summed E-state index contributed by atoms with van der Waals surface area (Å²) >= 11 is 3.60. The van der Waals surface area contributed by atoms with E-state index in [0.717, 1.165) is 39.8 Å². The molecule has 4 nitrogen and oxygen atoms in total. The average molecular weight is 430 g/mol. The van der Waals surface area contributed by atoms with Gasteiger partial charge in [-0.3, -0.25) is 4.79 Å². The topological polar surface area (TPSA) is 38.8 Å². The zero-order valence-corrected chi connectivity index (χ0v) is 17.5. The van der Waals surface area contributed by atoms with Crippen molar-refractivity contribution in [2.24, 2.45) is 0 Å². The number of benzene rings is 2. The lowest BCUT2D eigenvalue weighted by Crippen LogP contribution is -2.59. The molecule has 27 heavy (non-hydrogen) atoms. The molecule has 2 aromatic carbocycles. The molecule has 1 aliphatic carbocycles. The van der Waals surface area contributed by atoms with E-state index in [-0.39, 0.29) is 5.91 Å². The Morgan fingerprint density at radius 2 is 1.89 bits per heavy atom. The number of aryl methyl sites for hydroxylation is 1. The molecule has 1 atom stereocenters. The molecule has 1 unspecified atom stereocenters. The van der Waals surface area contributed by atoms with Crippen molar-refractivity contribution in [1.29, 1.82) is 0 Å². The molecule has 2 aromatic rings. The molecule has 2 fully saturated rings. The fourth-order valence-corrected chi connectivity index (χ4v) is 4.41. The molecule has 0 N–H and O–H groups in total. The molecule has 2 aliphatic rings. The van der Waals surface area contributed by atoms with Crippen LogP contribution in [-0.4, -0.2) is 30.1 Å². The van der Waals surface area contributed by atoms with Crippen molar-refractivity contribution in [3.05, 3.63) is 63.6 Å². The van der Waals surface area contributed by atoms with Gasteiger partial charge >= 0.3 is 0 Å². The predicted molar refractivity (Wildman–Crippen MR) is 108 cm³/mol. The first-order valence-electron chi connectivity index (χ1n) is 9.23. The fraction of sp³-hybridized carbons (Fsp3) is 0.409. The molecule has 1 spiro atoms. The largest absolute Gasteiger partial charge is 0.497 e. The van der Waals surface area contributed by atoms with Crippen LogP contribution in [-0.2, 0) is 21.6 Å². The van der Waals surface area contributed by atoms with Crippen molar-refractivity contribution >= 4 is 21.8 Å². The monoisotopic (exact) mass is 429 g/mol. The quantitative estimate of drug-likeness (QED) is 0.713. The first kappa shape index (κ1) is 18.5. The maximum absolute atomic E-state index is 13.4. The summed E-state index contributed by atoms with van der Waals surface area (Å²) in [5, 5.41) is 0. The van der Waals surface area contributed by atoms with Crippen LogP contribution in [0.3, 0.4) is 0 Å². The summed E-state index contributed by atoms with van der Waals surface area (Å²) in [5.74, 6) is 0.917. The van der Waals surface area contributed by atoms with Gasteiger partial charge in [0, 0.05) is 11.0 Å². The normalized spacial score (nSPS) is 23.6. The number of amides is 1. The van der Waals surface area contributed by atoms with Crippen molar-refractivity contribution in [3.63, 3.8) is 0 Å². The molecule has 1 saturated heterocycles. The van der Waals surface area contributed by atoms with E-state index >= 15 is 0 Å². The number of nitrogens with zero attached hydrogens (tertiary/aromatic N) is 1. The number of morpholine rings is 1. The van der Waals surface area contributed by atoms with Gasteiger partial charge in [-0.1, -0.05) is 34.1 Å². The first-order valence-corrected chi connectivity index (χ1v) is 10.0. The minimum Gasteiger partial charge on any atom is -0.497 e. The number of rotatable bonds is 4. The minimum atomic E-state index is -0.590. The lowest BCUT2D eigenvalue weighted by Gasteiger charge is -2.48. The first-order chi connectivity index (χ1) is 12.9. The predicted octanol–water partition coefficient (Wildman–Crippen LogP) is 4.57. The van der Waals surface area contributed by atoms with Crippen molar-refractivity contribution in [3.8, 4) is 5.75 Å². The highest BCUT2D eigenvalue weighted by atomic mass is 79.9. The van der Waals surface area contributed by atoms with E-state index in [9.17, 15) is 4.79 Å². The summed E-state index contributed by atoms with van der Waals surface area (Å²) in [6.45, 7) is 5.23. The molecular formula is C22H24BrNO3. The Morgan fingerprint density at radius 1 is 1.19 bits per heavy atom. The van der Waals surface area contributed by atoms with Crippen LogP contribution in [0, 0.1) is 6.92 Å². The smallest absolute Gasteiger partial charge is 0.255 e. The number of halogens is 1. The van der Waals surface area contributed by atoms with E-state index in [1.807, 2.05) is 29.2 Å². The number of methoxy groups -OCH3 is 1. The van der Waals surface area contributed by atoms with Gasteiger partial charge in [0.05, 0.1) is 19.3 Å². The van der Waals surface area contributed by atoms with Crippen LogP contribution in [0.5, 0.6) is 5.75 Å². The number of hydrogen-bond acceptors (Lipinski definition) is 3. The molecule has 4 rings (SSSR count). The van der Waals surface area contributed by atoms with E-state index in [0.29, 0.717) is 13.2 Å². The Labute approximate surface area is 168 Å². The number of hydrogen-bond donors (Lipinski definition) is 0. The van der Waals surface area contributed by atoms with Crippen LogP contribution in [0.25, 0.3) is 0 Å². The van der Waals surface area contributed by atoms with Gasteiger partial charge in [0.1, 0.15) is 11.4 Å². The van der Waals surface area contributed by atoms with E-state index in [1.54, 1.807) is 7.11 Å². The Kier molecular flexibility index (Phi) is 4.55. The van der Waals surface area contributed by atoms with E-state index in [2.05, 4.69) is 48.0 Å². The Hall–Kier alpha value is -1.85. The molecule has 1 heterocycles. The molecule has 142 valence electrons. The third-order valence-electron chi connectivity index (χ3n) is 5.73. The maximum Gasteiger partial charge on any atom is 0.255 e. The van der Waals surface area contributed by atoms with Crippen LogP contribution in [0.15, 0.2) is 46.9 Å². The van der Waals surface area contributed by atoms with E-state index < -0.39 is 11.1 Å². The minimum absolute atomic E-state index is 0.102. The zero-order valence-electron chi connectivity index (χ0n) is 15.9. The third kappa shape index (κ3) is 3.27. The molecule has 0 radical (unpaired) electrons. The summed E-state index contributed by atoms with van der Waals surface area (Å²) in [5.41, 5.74) is 2.22. The standard InChI is InChI=1S/C22H24BrNO3/c1-15-10-17(12-18(23)11-15)21(2)14-27-22(8-9-22)20(25)24(21)13-16-4-6-19(26-3)7-5-16/h4-7,10-12H,8-9,13-14H2,1-3H3. The van der Waals surface area contributed by atoms with Crippen molar-refractivity contribution in [2.75, 3.05) is 13.7 Å². The SMILES string of the molecule is COc1ccc(CN2C(=O)C3(CC3)OCC2(C)c2cc(C)cc(Br)c2)cc1. The van der Waals surface area contributed by atoms with E-state index in [1.165, 1.54) is 0 Å². The summed E-state index contributed by atoms with van der Waals surface area (Å²) in [7, 11) is 1.66. The second-order valence-corrected chi connectivity index (χ2v) is 8.73. The van der Waals surface area contributed by atoms with Crippen LogP contribution in [0.4, 0.5) is 0 Å². The Bertz CT molecular complexity index is 855. The molecule has 1 saturated carbocycles. The third-order valence-corrected chi connectivity index (χ3v) is 6.19. The molecular weight excluding hydrogens is 406 g/mol. The van der Waals surface area contributed by atoms with Crippen molar-refractivity contribution in [2.45, 2.75) is 44.4 Å². The average Bonchev–Trinajstić information content (AvgIpc) is 3.43. The summed E-state index contributed by atoms with van der Waals surface area (Å²) in [6, 6.07) is 14.2. The second-order valence-electron chi connectivity index (χ2n) is 7.81. The fourth-order valence-electron chi connectivity index (χ4n) is 3.81. The lowest BCUT2D eigenvalue weighted by molar-refractivity contribution is -0.177. The maximum atomic E-state index is 13.4. The highest BCUT2D eigenvalue weighted by molar-refractivity contribution is 9.10. The molecule has 1 amide bonds. The van der Waals surface area contributed by atoms with Crippen LogP contribution in [0.1, 0.15) is 36.5 Å². The zero-order chi connectivity index (χ0) is 19.2. The van der Waals surface area contributed by atoms with Crippen molar-refractivity contribution in [1.82, 2.24) is 4.90 Å². The van der Waals surface area contributed by atoms with Gasteiger partial charge in [0.2, 0.25) is 0 Å². The van der Waals surface area contributed by atoms with Crippen molar-refractivity contribution < 1.29 is 14.3 Å². The molecule has 1 aliphatic heterocycles. The van der Waals surface area contributed by atoms with E-state index in [4.69, 9.17) is 9.47 Å². The van der Waals surface area contributed by atoms with Gasteiger partial charge in [0.15, 0.2) is 0 Å². The second kappa shape index (κ2) is 6.64. The van der Waals surface area contributed by atoms with Gasteiger partial charge in [-0.2, -0.15) is 0 Å². The summed E-state index contributed by atoms with van der Waals surface area (Å²) < 4.78 is 12.4. The van der Waals surface area contributed by atoms with Gasteiger partial charge in [-0.05, 0) is 67.6 Å². The van der Waals surface area contributed by atoms with Gasteiger partial charge < -0.3 is 14.4 Å². The molecule has 0 aromatic heterocycles. The van der Waals surface area contributed by atoms with Gasteiger partial charge in [-0.25, -0.2) is 0 Å². The number of carbonyl (C=O) groups excluding carboxylic acids is 1. The molecule has 5 heteroatoms. The summed E-state index contributed by atoms with van der Waals surface area (Å²) in [6.07, 6.45) is 1.64. The van der Waals surface area contributed by atoms with Gasteiger partial charge in [0.25, 0.3) is 5.91 Å². The number of ether oxygens (including phenoxy) is 2. The Balaban J connectivity index is 1.72. The summed E-state index contributed by atoms with van der Waals surface area (Å²) in [4.78, 5) is 15.4. The van der Waals surface area contributed by atoms with Gasteiger partial charge in [-0.15, -0.1) is 0 Å². The Morgan fingerprint density at radius 3 is 2.48 bits per heavy atom. The van der Waals surface area contributed by atoms with Crippen LogP contribution in [0.2, 0.25) is 0 Å². The highest BCUT2D eigenvalue weighted by Crippen LogP contribution is 2.49. The highest BCUT2D eigenvalue weighted by Gasteiger charge is 2.60. The number of carbonyl (C=O) groups is 1.